The molecule has 0 aromatic carbocycles. The minimum Gasteiger partial charge on any atom is -0.375 e. The largest absolute Gasteiger partial charge is 0.375 e. The molecule has 2 atom stereocenters. The van der Waals surface area contributed by atoms with E-state index in [1.807, 2.05) is 11.8 Å². The predicted molar refractivity (Wildman–Crippen MR) is 59.4 cm³/mol. The minimum atomic E-state index is 0.440. The van der Waals surface area contributed by atoms with E-state index in [1.54, 1.807) is 0 Å². The lowest BCUT2D eigenvalue weighted by atomic mass is 10.1. The maximum absolute atomic E-state index is 5.74. The second kappa shape index (κ2) is 6.68. The molecule has 0 aromatic heterocycles. The molecule has 0 spiro atoms. The van der Waals surface area contributed by atoms with E-state index < -0.39 is 0 Å². The van der Waals surface area contributed by atoms with Crippen molar-refractivity contribution in [3.05, 3.63) is 0 Å². The fraction of sp³-hybridized carbons (Fsp3) is 1.00. The van der Waals surface area contributed by atoms with Gasteiger partial charge in [0.05, 0.1) is 12.7 Å². The monoisotopic (exact) mass is 203 g/mol. The van der Waals surface area contributed by atoms with Crippen LogP contribution in [0.1, 0.15) is 26.7 Å². The third-order valence-electron chi connectivity index (χ3n) is 2.39. The van der Waals surface area contributed by atoms with Crippen LogP contribution in [0, 0.1) is 0 Å². The fourth-order valence-electron chi connectivity index (χ4n) is 1.61. The van der Waals surface area contributed by atoms with Crippen molar-refractivity contribution in [2.75, 3.05) is 24.7 Å². The van der Waals surface area contributed by atoms with E-state index in [-0.39, 0.29) is 0 Å². The molecule has 1 heterocycles. The Balaban J connectivity index is 2.26. The summed E-state index contributed by atoms with van der Waals surface area (Å²) in [5.41, 5.74) is 0. The SMILES string of the molecule is CCCNC(CC)C1CSCCO1. The summed E-state index contributed by atoms with van der Waals surface area (Å²) in [6, 6.07) is 0.563. The predicted octanol–water partition coefficient (Wildman–Crippen LogP) is 1.90. The van der Waals surface area contributed by atoms with E-state index in [0.717, 1.165) is 18.9 Å². The van der Waals surface area contributed by atoms with E-state index >= 15 is 0 Å². The van der Waals surface area contributed by atoms with Crippen LogP contribution in [0.2, 0.25) is 0 Å². The molecule has 2 unspecified atom stereocenters. The highest BCUT2D eigenvalue weighted by molar-refractivity contribution is 7.99. The molecule has 78 valence electrons. The van der Waals surface area contributed by atoms with Gasteiger partial charge in [-0.05, 0) is 19.4 Å². The third-order valence-corrected chi connectivity index (χ3v) is 3.41. The summed E-state index contributed by atoms with van der Waals surface area (Å²) in [5, 5.41) is 3.55. The van der Waals surface area contributed by atoms with Crippen molar-refractivity contribution in [3.8, 4) is 0 Å². The van der Waals surface area contributed by atoms with Gasteiger partial charge in [-0.2, -0.15) is 11.8 Å². The minimum absolute atomic E-state index is 0.440. The van der Waals surface area contributed by atoms with Crippen LogP contribution in [0.3, 0.4) is 0 Å². The van der Waals surface area contributed by atoms with Gasteiger partial charge in [0.1, 0.15) is 0 Å². The maximum atomic E-state index is 5.74. The Bertz CT molecular complexity index is 126. The van der Waals surface area contributed by atoms with Gasteiger partial charge in [-0.1, -0.05) is 13.8 Å². The standard InChI is InChI=1S/C10H21NOS/c1-3-5-11-9(4-2)10-8-13-7-6-12-10/h9-11H,3-8H2,1-2H3. The first kappa shape index (κ1) is 11.3. The molecule has 1 N–H and O–H groups in total. The Morgan fingerprint density at radius 3 is 2.92 bits per heavy atom. The van der Waals surface area contributed by atoms with Crippen LogP contribution < -0.4 is 5.32 Å². The summed E-state index contributed by atoms with van der Waals surface area (Å²) in [5.74, 6) is 2.33. The molecule has 0 saturated carbocycles. The Hall–Kier alpha value is 0.270. The molecular weight excluding hydrogens is 182 g/mol. The van der Waals surface area contributed by atoms with Crippen LogP contribution in [-0.2, 0) is 4.74 Å². The molecule has 13 heavy (non-hydrogen) atoms. The third kappa shape index (κ3) is 3.88. The summed E-state index contributed by atoms with van der Waals surface area (Å²) in [4.78, 5) is 0. The van der Waals surface area contributed by atoms with Crippen molar-refractivity contribution in [2.24, 2.45) is 0 Å². The van der Waals surface area contributed by atoms with E-state index in [1.165, 1.54) is 18.6 Å². The molecule has 0 aromatic rings. The number of rotatable bonds is 5. The van der Waals surface area contributed by atoms with Crippen LogP contribution in [0.4, 0.5) is 0 Å². The molecule has 1 rings (SSSR count). The number of thioether (sulfide) groups is 1. The van der Waals surface area contributed by atoms with Crippen molar-refractivity contribution in [2.45, 2.75) is 38.8 Å². The van der Waals surface area contributed by atoms with Gasteiger partial charge in [0.2, 0.25) is 0 Å². The molecule has 0 radical (unpaired) electrons. The summed E-state index contributed by atoms with van der Waals surface area (Å²) in [6.45, 7) is 6.48. The maximum Gasteiger partial charge on any atom is 0.0818 e. The van der Waals surface area contributed by atoms with E-state index in [2.05, 4.69) is 19.2 Å². The van der Waals surface area contributed by atoms with E-state index in [9.17, 15) is 0 Å². The fourth-order valence-corrected chi connectivity index (χ4v) is 2.55. The zero-order chi connectivity index (χ0) is 9.52. The van der Waals surface area contributed by atoms with Crippen LogP contribution in [-0.4, -0.2) is 36.8 Å². The van der Waals surface area contributed by atoms with Gasteiger partial charge in [-0.15, -0.1) is 0 Å². The normalized spacial score (nSPS) is 25.8. The Morgan fingerprint density at radius 1 is 1.54 bits per heavy atom. The van der Waals surface area contributed by atoms with Crippen LogP contribution in [0.15, 0.2) is 0 Å². The van der Waals surface area contributed by atoms with Crippen molar-refractivity contribution in [1.29, 1.82) is 0 Å². The topological polar surface area (TPSA) is 21.3 Å². The van der Waals surface area contributed by atoms with Crippen molar-refractivity contribution >= 4 is 11.8 Å². The number of nitrogens with one attached hydrogen (secondary N) is 1. The molecule has 1 aliphatic rings. The van der Waals surface area contributed by atoms with Crippen LogP contribution in [0.25, 0.3) is 0 Å². The molecular formula is C10H21NOS. The first-order valence-electron chi connectivity index (χ1n) is 5.31. The number of hydrogen-bond donors (Lipinski definition) is 1. The van der Waals surface area contributed by atoms with Gasteiger partial charge >= 0.3 is 0 Å². The summed E-state index contributed by atoms with van der Waals surface area (Å²) < 4.78 is 5.74. The zero-order valence-electron chi connectivity index (χ0n) is 8.71. The lowest BCUT2D eigenvalue weighted by molar-refractivity contribution is 0.0461. The molecule has 0 aliphatic carbocycles. The van der Waals surface area contributed by atoms with Gasteiger partial charge in [0.15, 0.2) is 0 Å². The van der Waals surface area contributed by atoms with Crippen molar-refractivity contribution in [1.82, 2.24) is 5.32 Å². The smallest absolute Gasteiger partial charge is 0.0818 e. The van der Waals surface area contributed by atoms with Gasteiger partial charge in [0, 0.05) is 17.5 Å². The highest BCUT2D eigenvalue weighted by Gasteiger charge is 2.22. The van der Waals surface area contributed by atoms with E-state index in [0.29, 0.717) is 12.1 Å². The second-order valence-corrected chi connectivity index (χ2v) is 4.60. The summed E-state index contributed by atoms with van der Waals surface area (Å²) >= 11 is 2.02. The molecule has 1 saturated heterocycles. The van der Waals surface area contributed by atoms with E-state index in [4.69, 9.17) is 4.74 Å². The lowest BCUT2D eigenvalue weighted by Crippen LogP contribution is -2.44. The van der Waals surface area contributed by atoms with Gasteiger partial charge in [-0.3, -0.25) is 0 Å². The van der Waals surface area contributed by atoms with Gasteiger partial charge < -0.3 is 10.1 Å². The van der Waals surface area contributed by atoms with Crippen LogP contribution >= 0.6 is 11.8 Å². The highest BCUT2D eigenvalue weighted by atomic mass is 32.2. The quantitative estimate of drug-likeness (QED) is 0.737. The highest BCUT2D eigenvalue weighted by Crippen LogP contribution is 2.16. The zero-order valence-corrected chi connectivity index (χ0v) is 9.53. The Kier molecular flexibility index (Phi) is 5.83. The lowest BCUT2D eigenvalue weighted by Gasteiger charge is -2.30. The second-order valence-electron chi connectivity index (χ2n) is 3.45. The first-order valence-corrected chi connectivity index (χ1v) is 6.46. The first-order chi connectivity index (χ1) is 6.38. The van der Waals surface area contributed by atoms with Crippen molar-refractivity contribution < 1.29 is 4.74 Å². The molecule has 1 fully saturated rings. The molecule has 0 bridgehead atoms. The van der Waals surface area contributed by atoms with Gasteiger partial charge in [-0.25, -0.2) is 0 Å². The molecule has 0 amide bonds. The molecule has 3 heteroatoms. The van der Waals surface area contributed by atoms with Gasteiger partial charge in [0.25, 0.3) is 0 Å². The summed E-state index contributed by atoms with van der Waals surface area (Å²) in [7, 11) is 0. The Morgan fingerprint density at radius 2 is 2.38 bits per heavy atom. The molecule has 1 aliphatic heterocycles. The molecule has 2 nitrogen and oxygen atoms in total. The number of ether oxygens (including phenoxy) is 1. The van der Waals surface area contributed by atoms with Crippen LogP contribution in [0.5, 0.6) is 0 Å². The average Bonchev–Trinajstić information content (AvgIpc) is 2.21. The summed E-state index contributed by atoms with van der Waals surface area (Å²) in [6.07, 6.45) is 2.82. The number of hydrogen-bond acceptors (Lipinski definition) is 3. The average molecular weight is 203 g/mol. The Labute approximate surface area is 85.8 Å². The van der Waals surface area contributed by atoms with Crippen molar-refractivity contribution in [3.63, 3.8) is 0 Å².